The van der Waals surface area contributed by atoms with Crippen LogP contribution >= 0.6 is 0 Å². The minimum Gasteiger partial charge on any atom is -0.857 e. The molecule has 0 aliphatic heterocycles. The van der Waals surface area contributed by atoms with Gasteiger partial charge in [0.15, 0.2) is 0 Å². The average molecular weight is 469 g/mol. The molecule has 3 aliphatic rings. The van der Waals surface area contributed by atoms with E-state index in [-0.39, 0.29) is 21.7 Å². The van der Waals surface area contributed by atoms with Gasteiger partial charge in [0.1, 0.15) is 0 Å². The van der Waals surface area contributed by atoms with Gasteiger partial charge in [0.05, 0.1) is 5.56 Å². The van der Waals surface area contributed by atoms with Crippen LogP contribution in [-0.2, 0) is 21.7 Å². The van der Waals surface area contributed by atoms with E-state index in [1.165, 1.54) is 44.9 Å². The van der Waals surface area contributed by atoms with Gasteiger partial charge in [-0.15, -0.1) is 12.0 Å². The van der Waals surface area contributed by atoms with Crippen LogP contribution in [0, 0.1) is 12.3 Å². The zero-order valence-corrected chi connectivity index (χ0v) is 20.9. The van der Waals surface area contributed by atoms with Gasteiger partial charge in [-0.05, 0) is 42.0 Å². The molecule has 1 radical (unpaired) electrons. The van der Waals surface area contributed by atoms with Crippen LogP contribution in [0.5, 0.6) is 0 Å². The summed E-state index contributed by atoms with van der Waals surface area (Å²) in [6.07, 6.45) is 12.2. The molecule has 32 heavy (non-hydrogen) atoms. The van der Waals surface area contributed by atoms with Crippen molar-refractivity contribution < 1.29 is 41.8 Å². The maximum Gasteiger partial charge on any atom is 3.00 e. The van der Waals surface area contributed by atoms with Crippen molar-refractivity contribution in [3.8, 4) is 0 Å². The summed E-state index contributed by atoms with van der Waals surface area (Å²) in [6, 6.07) is 12.7. The number of carboxylic acids is 1. The van der Waals surface area contributed by atoms with Crippen LogP contribution in [-0.4, -0.2) is 25.3 Å². The minimum absolute atomic E-state index is 0. The van der Waals surface area contributed by atoms with Gasteiger partial charge in [0, 0.05) is 0 Å². The fourth-order valence-corrected chi connectivity index (χ4v) is 4.92. The molecule has 3 aliphatic carbocycles. The van der Waals surface area contributed by atoms with Gasteiger partial charge in [-0.2, -0.15) is 19.8 Å². The molecule has 4 nitrogen and oxygen atoms in total. The Balaban J connectivity index is 0.000000271. The molecule has 0 heterocycles. The van der Waals surface area contributed by atoms with Gasteiger partial charge < -0.3 is 15.3 Å². The molecule has 169 valence electrons. The summed E-state index contributed by atoms with van der Waals surface area (Å²) < 4.78 is 0. The summed E-state index contributed by atoms with van der Waals surface area (Å²) in [4.78, 5) is 10.8. The molecule has 1 atom stereocenters. The summed E-state index contributed by atoms with van der Waals surface area (Å²) in [5.41, 5.74) is 7.42. The van der Waals surface area contributed by atoms with E-state index in [4.69, 9.17) is 15.3 Å². The third-order valence-electron chi connectivity index (χ3n) is 6.23. The van der Waals surface area contributed by atoms with Crippen molar-refractivity contribution >= 4 is 16.7 Å². The van der Waals surface area contributed by atoms with Crippen molar-refractivity contribution in [3.63, 3.8) is 0 Å². The van der Waals surface area contributed by atoms with Crippen LogP contribution in [0.2, 0.25) is 0 Å². The molecule has 5 heteroatoms. The summed E-state index contributed by atoms with van der Waals surface area (Å²) in [5, 5.41) is 27.1. The Kier molecular flexibility index (Phi) is 12.6. The first-order chi connectivity index (χ1) is 15.2. The standard InChI is InChI=1S/C14H19.C11H8O2.2CH3O.Ti/c1-10-11-6-2-4-8-13(11)14-9-5-3-7-12(10)14;12-11(13)10-7-3-5-8-4-1-2-6-9(8)10;2*1-2;/h6,10H,2-5,7-9H2,1H3;1-7H,(H,12,13);2*1H3;/q-1;;2*-1;+3. The zero-order chi connectivity index (χ0) is 22.8. The molecular formula is C27H33O4Ti. The third-order valence-corrected chi connectivity index (χ3v) is 6.23. The number of carbonyl (C=O) groups is 1. The molecule has 0 fully saturated rings. The summed E-state index contributed by atoms with van der Waals surface area (Å²) >= 11 is 0. The number of fused-ring (bicyclic) bond motifs is 2. The number of rotatable bonds is 1. The molecule has 0 bridgehead atoms. The quantitative estimate of drug-likeness (QED) is 0.486. The van der Waals surface area contributed by atoms with Crippen LogP contribution in [0.25, 0.3) is 10.8 Å². The van der Waals surface area contributed by atoms with E-state index >= 15 is 0 Å². The number of allylic oxidation sites excluding steroid dienone is 4. The van der Waals surface area contributed by atoms with E-state index < -0.39 is 5.97 Å². The van der Waals surface area contributed by atoms with Crippen molar-refractivity contribution in [1.82, 2.24) is 0 Å². The molecule has 0 amide bonds. The second-order valence-corrected chi connectivity index (χ2v) is 7.79. The van der Waals surface area contributed by atoms with Gasteiger partial charge in [-0.3, -0.25) is 0 Å². The van der Waals surface area contributed by atoms with Crippen molar-refractivity contribution in [2.24, 2.45) is 5.92 Å². The molecule has 5 rings (SSSR count). The van der Waals surface area contributed by atoms with E-state index in [1.807, 2.05) is 30.3 Å². The van der Waals surface area contributed by atoms with Crippen LogP contribution in [0.15, 0.2) is 64.8 Å². The van der Waals surface area contributed by atoms with Crippen molar-refractivity contribution in [1.29, 1.82) is 0 Å². The first-order valence-electron chi connectivity index (χ1n) is 11.0. The maximum absolute atomic E-state index is 10.8. The Hall–Kier alpha value is -1.85. The smallest absolute Gasteiger partial charge is 0.857 e. The molecule has 0 saturated carbocycles. The maximum atomic E-state index is 10.8. The molecule has 0 spiro atoms. The second kappa shape index (κ2) is 14.3. The van der Waals surface area contributed by atoms with E-state index in [2.05, 4.69) is 13.3 Å². The summed E-state index contributed by atoms with van der Waals surface area (Å²) in [6.45, 7) is 2.42. The average Bonchev–Trinajstić information content (AvgIpc) is 3.14. The molecule has 0 saturated heterocycles. The van der Waals surface area contributed by atoms with Crippen molar-refractivity contribution in [3.05, 3.63) is 76.7 Å². The van der Waals surface area contributed by atoms with Gasteiger partial charge in [-0.1, -0.05) is 68.2 Å². The van der Waals surface area contributed by atoms with E-state index in [9.17, 15) is 4.79 Å². The molecule has 1 N–H and O–H groups in total. The zero-order valence-electron chi connectivity index (χ0n) is 19.3. The van der Waals surface area contributed by atoms with E-state index in [0.29, 0.717) is 5.56 Å². The topological polar surface area (TPSA) is 83.4 Å². The number of aromatic carboxylic acids is 1. The molecule has 1 unspecified atom stereocenters. The van der Waals surface area contributed by atoms with Crippen molar-refractivity contribution in [2.45, 2.75) is 51.9 Å². The molecule has 0 aromatic heterocycles. The number of hydrogen-bond donors (Lipinski definition) is 1. The largest absolute Gasteiger partial charge is 3.00 e. The Bertz CT molecular complexity index is 908. The minimum atomic E-state index is -0.878. The first kappa shape index (κ1) is 28.2. The Morgan fingerprint density at radius 2 is 1.53 bits per heavy atom. The molecule has 2 aromatic rings. The van der Waals surface area contributed by atoms with Crippen LogP contribution < -0.4 is 10.2 Å². The number of benzene rings is 2. The number of hydrogen-bond acceptors (Lipinski definition) is 3. The Morgan fingerprint density at radius 3 is 2.25 bits per heavy atom. The van der Waals surface area contributed by atoms with E-state index in [1.54, 1.807) is 34.4 Å². The third kappa shape index (κ3) is 6.36. The normalized spacial score (nSPS) is 18.2. The van der Waals surface area contributed by atoms with Gasteiger partial charge in [-0.25, -0.2) is 16.8 Å². The Morgan fingerprint density at radius 1 is 0.906 bits per heavy atom. The summed E-state index contributed by atoms with van der Waals surface area (Å²) in [5.74, 6) is -0.0996. The van der Waals surface area contributed by atoms with Gasteiger partial charge in [0.2, 0.25) is 0 Å². The monoisotopic (exact) mass is 469 g/mol. The first-order valence-corrected chi connectivity index (χ1v) is 11.0. The second-order valence-electron chi connectivity index (χ2n) is 7.79. The Labute approximate surface area is 206 Å². The van der Waals surface area contributed by atoms with Crippen LogP contribution in [0.3, 0.4) is 0 Å². The predicted molar refractivity (Wildman–Crippen MR) is 123 cm³/mol. The molecule has 2 aromatic carbocycles. The van der Waals surface area contributed by atoms with Crippen LogP contribution in [0.4, 0.5) is 0 Å². The predicted octanol–water partition coefficient (Wildman–Crippen LogP) is 4.68. The van der Waals surface area contributed by atoms with Gasteiger partial charge in [0.25, 0.3) is 0 Å². The summed E-state index contributed by atoms with van der Waals surface area (Å²) in [7, 11) is 1.50. The fourth-order valence-electron chi connectivity index (χ4n) is 4.92. The van der Waals surface area contributed by atoms with Crippen LogP contribution in [0.1, 0.15) is 62.2 Å². The van der Waals surface area contributed by atoms with Crippen molar-refractivity contribution in [2.75, 3.05) is 14.2 Å². The molecular weight excluding hydrogens is 436 g/mol. The van der Waals surface area contributed by atoms with Gasteiger partial charge >= 0.3 is 27.7 Å². The number of carboxylic acid groups (broad SMARTS) is 1. The van der Waals surface area contributed by atoms with E-state index in [0.717, 1.165) is 30.9 Å². The SMILES string of the molecule is CC1C2=C(CCC[CH-]2)C2=C1CCCC2.C[O-].C[O-].O=C(O)c1cccc2ccccc12.[Ti+3]. The fraction of sp³-hybridized carbons (Fsp3) is 0.407.